The van der Waals surface area contributed by atoms with Crippen molar-refractivity contribution in [3.63, 3.8) is 0 Å². The Kier molecular flexibility index (Phi) is 7.17. The van der Waals surface area contributed by atoms with Gasteiger partial charge in [0.25, 0.3) is 0 Å². The summed E-state index contributed by atoms with van der Waals surface area (Å²) in [5.74, 6) is 0.589. The first-order valence-electron chi connectivity index (χ1n) is 8.51. The third kappa shape index (κ3) is 5.38. The van der Waals surface area contributed by atoms with Gasteiger partial charge in [0.15, 0.2) is 5.75 Å². The van der Waals surface area contributed by atoms with E-state index in [0.29, 0.717) is 23.0 Å². The van der Waals surface area contributed by atoms with Gasteiger partial charge in [0.05, 0.1) is 21.1 Å². The van der Waals surface area contributed by atoms with E-state index in [1.807, 2.05) is 67.6 Å². The summed E-state index contributed by atoms with van der Waals surface area (Å²) < 4.78 is 7.84. The number of benzene rings is 3. The summed E-state index contributed by atoms with van der Waals surface area (Å²) in [6.07, 6.45) is 1.82. The fourth-order valence-corrected chi connectivity index (χ4v) is 3.97. The molecule has 0 aliphatic rings. The van der Waals surface area contributed by atoms with Crippen LogP contribution in [0.2, 0.25) is 5.02 Å². The molecule has 28 heavy (non-hydrogen) atoms. The van der Waals surface area contributed by atoms with E-state index in [1.165, 1.54) is 3.57 Å². The van der Waals surface area contributed by atoms with Gasteiger partial charge in [-0.2, -0.15) is 5.26 Å². The van der Waals surface area contributed by atoms with Crippen LogP contribution in [-0.4, -0.2) is 0 Å². The summed E-state index contributed by atoms with van der Waals surface area (Å²) in [6, 6.07) is 22.0. The van der Waals surface area contributed by atoms with E-state index in [9.17, 15) is 5.26 Å². The number of halogens is 3. The van der Waals surface area contributed by atoms with Crippen molar-refractivity contribution in [2.24, 2.45) is 0 Å². The van der Waals surface area contributed by atoms with Gasteiger partial charge in [-0.1, -0.05) is 53.6 Å². The minimum absolute atomic E-state index is 0.428. The van der Waals surface area contributed by atoms with Crippen LogP contribution in [0.3, 0.4) is 0 Å². The van der Waals surface area contributed by atoms with Crippen molar-refractivity contribution in [3.8, 4) is 11.8 Å². The fraction of sp³-hybridized carbons (Fsp3) is 0.0870. The molecule has 0 aromatic heterocycles. The Balaban J connectivity index is 1.83. The highest BCUT2D eigenvalue weighted by atomic mass is 127. The van der Waals surface area contributed by atoms with Gasteiger partial charge in [-0.3, -0.25) is 0 Å². The lowest BCUT2D eigenvalue weighted by Gasteiger charge is -2.11. The highest BCUT2D eigenvalue weighted by Gasteiger charge is 2.10. The van der Waals surface area contributed by atoms with Gasteiger partial charge in [-0.25, -0.2) is 0 Å². The molecule has 3 aromatic rings. The van der Waals surface area contributed by atoms with Crippen LogP contribution >= 0.6 is 50.1 Å². The lowest BCUT2D eigenvalue weighted by Crippen LogP contribution is -1.97. The van der Waals surface area contributed by atoms with Crippen LogP contribution in [0.15, 0.2) is 65.1 Å². The van der Waals surface area contributed by atoms with Crippen molar-refractivity contribution < 1.29 is 4.74 Å². The van der Waals surface area contributed by atoms with E-state index in [2.05, 4.69) is 44.6 Å². The Morgan fingerprint density at radius 2 is 1.82 bits per heavy atom. The van der Waals surface area contributed by atoms with Crippen molar-refractivity contribution in [2.45, 2.75) is 13.5 Å². The van der Waals surface area contributed by atoms with Crippen molar-refractivity contribution >= 4 is 61.8 Å². The van der Waals surface area contributed by atoms with Gasteiger partial charge in [-0.05, 0) is 92.5 Å². The molecule has 0 radical (unpaired) electrons. The largest absolute Gasteiger partial charge is 0.486 e. The minimum Gasteiger partial charge on any atom is -0.486 e. The molecule has 0 fully saturated rings. The van der Waals surface area contributed by atoms with Gasteiger partial charge in [0, 0.05) is 3.57 Å². The van der Waals surface area contributed by atoms with Crippen LogP contribution in [-0.2, 0) is 6.61 Å². The Morgan fingerprint density at radius 3 is 2.43 bits per heavy atom. The predicted molar refractivity (Wildman–Crippen MR) is 127 cm³/mol. The van der Waals surface area contributed by atoms with Crippen LogP contribution in [0.25, 0.3) is 11.6 Å². The molecule has 0 saturated heterocycles. The van der Waals surface area contributed by atoms with Crippen LogP contribution in [0.4, 0.5) is 0 Å². The molecule has 0 bridgehead atoms. The zero-order chi connectivity index (χ0) is 20.1. The highest BCUT2D eigenvalue weighted by Crippen LogP contribution is 2.36. The van der Waals surface area contributed by atoms with Gasteiger partial charge in [-0.15, -0.1) is 0 Å². The average Bonchev–Trinajstić information content (AvgIpc) is 2.67. The smallest absolute Gasteiger partial charge is 0.152 e. The number of ether oxygens (including phenoxy) is 1. The second-order valence-corrected chi connectivity index (χ2v) is 8.77. The van der Waals surface area contributed by atoms with E-state index in [-0.39, 0.29) is 0 Å². The average molecular weight is 565 g/mol. The Hall–Kier alpha value is -1.81. The van der Waals surface area contributed by atoms with E-state index in [1.54, 1.807) is 6.07 Å². The second-order valence-electron chi connectivity index (χ2n) is 6.26. The number of aryl methyl sites for hydroxylation is 1. The first-order chi connectivity index (χ1) is 13.5. The number of nitrogens with zero attached hydrogens (tertiary/aromatic N) is 1. The van der Waals surface area contributed by atoms with Crippen LogP contribution in [0.1, 0.15) is 22.3 Å². The maximum Gasteiger partial charge on any atom is 0.152 e. The van der Waals surface area contributed by atoms with E-state index >= 15 is 0 Å². The Labute approximate surface area is 192 Å². The van der Waals surface area contributed by atoms with E-state index in [0.717, 1.165) is 26.7 Å². The number of allylic oxidation sites excluding steroid dienone is 1. The molecule has 2 nitrogen and oxygen atoms in total. The maximum absolute atomic E-state index is 9.54. The molecule has 0 spiro atoms. The molecule has 0 N–H and O–H groups in total. The standard InChI is InChI=1S/C23H16BrClINO/c1-15-2-6-18(7-3-15)19(13-27)10-17-11-21(24)23(22(25)12-17)28-14-16-4-8-20(26)9-5-16/h2-12H,14H2,1H3/b19-10-. The minimum atomic E-state index is 0.428. The summed E-state index contributed by atoms with van der Waals surface area (Å²) >= 11 is 12.3. The lowest BCUT2D eigenvalue weighted by molar-refractivity contribution is 0.304. The van der Waals surface area contributed by atoms with Gasteiger partial charge in [0.1, 0.15) is 6.61 Å². The molecular formula is C23H16BrClINO. The SMILES string of the molecule is Cc1ccc(/C(C#N)=C\c2cc(Cl)c(OCc3ccc(I)cc3)c(Br)c2)cc1. The topological polar surface area (TPSA) is 33.0 Å². The summed E-state index contributed by atoms with van der Waals surface area (Å²) in [5, 5.41) is 10.0. The van der Waals surface area contributed by atoms with Crippen LogP contribution in [0, 0.1) is 21.8 Å². The fourth-order valence-electron chi connectivity index (χ4n) is 2.62. The third-order valence-corrected chi connectivity index (χ3v) is 5.70. The molecule has 0 unspecified atom stereocenters. The first kappa shape index (κ1) is 20.9. The quantitative estimate of drug-likeness (QED) is 0.181. The molecule has 3 aromatic carbocycles. The first-order valence-corrected chi connectivity index (χ1v) is 10.8. The highest BCUT2D eigenvalue weighted by molar-refractivity contribution is 14.1. The van der Waals surface area contributed by atoms with Gasteiger partial charge < -0.3 is 4.74 Å². The summed E-state index contributed by atoms with van der Waals surface area (Å²) in [4.78, 5) is 0. The zero-order valence-corrected chi connectivity index (χ0v) is 19.5. The van der Waals surface area contributed by atoms with E-state index < -0.39 is 0 Å². The van der Waals surface area contributed by atoms with Gasteiger partial charge in [0.2, 0.25) is 0 Å². The summed E-state index contributed by atoms with van der Waals surface area (Å²) in [5.41, 5.74) is 4.51. The zero-order valence-electron chi connectivity index (χ0n) is 15.0. The normalized spacial score (nSPS) is 11.2. The predicted octanol–water partition coefficient (Wildman–Crippen LogP) is 7.66. The molecule has 0 aliphatic carbocycles. The molecular weight excluding hydrogens is 549 g/mol. The second kappa shape index (κ2) is 9.60. The number of hydrogen-bond acceptors (Lipinski definition) is 2. The molecule has 0 amide bonds. The molecule has 5 heteroatoms. The monoisotopic (exact) mass is 563 g/mol. The molecule has 3 rings (SSSR count). The van der Waals surface area contributed by atoms with Crippen molar-refractivity contribution in [1.29, 1.82) is 5.26 Å². The number of rotatable bonds is 5. The molecule has 0 atom stereocenters. The molecule has 0 heterocycles. The number of hydrogen-bond donors (Lipinski definition) is 0. The van der Waals surface area contributed by atoms with Crippen molar-refractivity contribution in [1.82, 2.24) is 0 Å². The number of nitriles is 1. The molecule has 0 saturated carbocycles. The van der Waals surface area contributed by atoms with E-state index in [4.69, 9.17) is 16.3 Å². The lowest BCUT2D eigenvalue weighted by atomic mass is 10.0. The van der Waals surface area contributed by atoms with Crippen LogP contribution < -0.4 is 4.74 Å². The summed E-state index contributed by atoms with van der Waals surface area (Å²) in [7, 11) is 0. The Bertz CT molecular complexity index is 1030. The molecule has 0 aliphatic heterocycles. The summed E-state index contributed by atoms with van der Waals surface area (Å²) in [6.45, 7) is 2.45. The van der Waals surface area contributed by atoms with Gasteiger partial charge >= 0.3 is 0 Å². The molecule has 140 valence electrons. The Morgan fingerprint density at radius 1 is 1.14 bits per heavy atom. The van der Waals surface area contributed by atoms with Crippen molar-refractivity contribution in [3.05, 3.63) is 96.0 Å². The maximum atomic E-state index is 9.54. The van der Waals surface area contributed by atoms with Crippen LogP contribution in [0.5, 0.6) is 5.75 Å². The van der Waals surface area contributed by atoms with Crippen molar-refractivity contribution in [2.75, 3.05) is 0 Å². The third-order valence-electron chi connectivity index (χ3n) is 4.11.